The number of ether oxygens (including phenoxy) is 3. The van der Waals surface area contributed by atoms with Gasteiger partial charge in [0, 0.05) is 5.56 Å². The molecule has 1 N–H and O–H groups in total. The highest BCUT2D eigenvalue weighted by molar-refractivity contribution is 5.76. The van der Waals surface area contributed by atoms with E-state index in [9.17, 15) is 9.90 Å². The van der Waals surface area contributed by atoms with Crippen LogP contribution < -0.4 is 14.2 Å². The molecule has 0 aliphatic rings. The van der Waals surface area contributed by atoms with Crippen LogP contribution in [0.15, 0.2) is 66.7 Å². The number of carboxylic acid groups (broad SMARTS) is 1. The lowest BCUT2D eigenvalue weighted by Crippen LogP contribution is -2.37. The molecular weight excluding hydrogens is 430 g/mol. The van der Waals surface area contributed by atoms with Crippen molar-refractivity contribution in [1.82, 2.24) is 4.98 Å². The third-order valence-corrected chi connectivity index (χ3v) is 5.35. The fourth-order valence-corrected chi connectivity index (χ4v) is 3.27. The van der Waals surface area contributed by atoms with E-state index in [4.69, 9.17) is 19.2 Å². The van der Waals surface area contributed by atoms with Gasteiger partial charge in [-0.1, -0.05) is 56.5 Å². The van der Waals surface area contributed by atoms with Crippen molar-refractivity contribution in [2.45, 2.75) is 58.7 Å². The molecule has 0 spiro atoms. The molecule has 3 rings (SSSR count). The van der Waals surface area contributed by atoms with Gasteiger partial charge in [0.25, 0.3) is 0 Å². The van der Waals surface area contributed by atoms with Crippen molar-refractivity contribution in [2.75, 3.05) is 6.61 Å². The number of unbranched alkanes of at least 4 members (excludes halogenated alkanes) is 3. The first-order valence-corrected chi connectivity index (χ1v) is 11.7. The minimum absolute atomic E-state index is 0.299. The summed E-state index contributed by atoms with van der Waals surface area (Å²) in [5.74, 6) is 0.661. The van der Waals surface area contributed by atoms with Crippen molar-refractivity contribution in [1.29, 1.82) is 0 Å². The summed E-state index contributed by atoms with van der Waals surface area (Å²) in [6.45, 7) is 6.12. The summed E-state index contributed by atoms with van der Waals surface area (Å²) >= 11 is 0. The molecule has 1 heterocycles. The van der Waals surface area contributed by atoms with E-state index in [1.807, 2.05) is 42.5 Å². The van der Waals surface area contributed by atoms with E-state index in [1.54, 1.807) is 24.3 Å². The molecule has 0 aliphatic heterocycles. The molecule has 0 aliphatic carbocycles. The zero-order valence-electron chi connectivity index (χ0n) is 20.1. The maximum Gasteiger partial charge on any atom is 0.347 e. The van der Waals surface area contributed by atoms with E-state index < -0.39 is 11.6 Å². The summed E-state index contributed by atoms with van der Waals surface area (Å²) in [7, 11) is 0. The lowest BCUT2D eigenvalue weighted by atomic mass is 10.1. The third-order valence-electron chi connectivity index (χ3n) is 5.35. The number of nitrogens with zero attached hydrogens (tertiary/aromatic N) is 1. The molecule has 34 heavy (non-hydrogen) atoms. The predicted octanol–water partition coefficient (Wildman–Crippen LogP) is 6.53. The Morgan fingerprint density at radius 3 is 2.26 bits per heavy atom. The Bertz CT molecular complexity index is 1050. The van der Waals surface area contributed by atoms with E-state index in [-0.39, 0.29) is 0 Å². The minimum atomic E-state index is -1.31. The molecule has 0 atom stereocenters. The number of rotatable bonds is 13. The molecular formula is C28H33NO5. The molecule has 0 saturated carbocycles. The largest absolute Gasteiger partial charge is 0.489 e. The van der Waals surface area contributed by atoms with E-state index >= 15 is 0 Å². The molecule has 0 radical (unpaired) electrons. The van der Waals surface area contributed by atoms with Gasteiger partial charge in [0.05, 0.1) is 17.9 Å². The fraction of sp³-hybridized carbons (Fsp3) is 0.357. The Morgan fingerprint density at radius 2 is 1.59 bits per heavy atom. The maximum absolute atomic E-state index is 11.3. The number of benzene rings is 2. The van der Waals surface area contributed by atoms with Crippen LogP contribution in [0.4, 0.5) is 0 Å². The van der Waals surface area contributed by atoms with Gasteiger partial charge in [0.1, 0.15) is 18.1 Å². The average Bonchev–Trinajstić information content (AvgIpc) is 2.84. The van der Waals surface area contributed by atoms with Gasteiger partial charge in [0.15, 0.2) is 5.60 Å². The number of carbonyl (C=O) groups is 1. The highest BCUT2D eigenvalue weighted by Crippen LogP contribution is 2.26. The SMILES string of the molecule is CCCCCCOc1nc(-c2ccccc2)ccc1COc1ccc(OC(C)(C)C(=O)O)cc1. The Morgan fingerprint density at radius 1 is 0.882 bits per heavy atom. The van der Waals surface area contributed by atoms with E-state index in [0.29, 0.717) is 30.6 Å². The van der Waals surface area contributed by atoms with Gasteiger partial charge in [0.2, 0.25) is 5.88 Å². The zero-order chi connectivity index (χ0) is 24.4. The second kappa shape index (κ2) is 12.1. The van der Waals surface area contributed by atoms with Gasteiger partial charge in [-0.3, -0.25) is 0 Å². The van der Waals surface area contributed by atoms with Crippen molar-refractivity contribution in [3.05, 3.63) is 72.3 Å². The second-order valence-corrected chi connectivity index (χ2v) is 8.61. The van der Waals surface area contributed by atoms with Crippen molar-refractivity contribution >= 4 is 5.97 Å². The van der Waals surface area contributed by atoms with Crippen LogP contribution in [0.3, 0.4) is 0 Å². The molecule has 0 unspecified atom stereocenters. The summed E-state index contributed by atoms with van der Waals surface area (Å²) < 4.78 is 17.6. The van der Waals surface area contributed by atoms with Crippen LogP contribution in [0.25, 0.3) is 11.3 Å². The molecule has 0 fully saturated rings. The van der Waals surface area contributed by atoms with Crippen LogP contribution in [-0.2, 0) is 11.4 Å². The lowest BCUT2D eigenvalue weighted by Gasteiger charge is -2.21. The summed E-state index contributed by atoms with van der Waals surface area (Å²) in [6.07, 6.45) is 4.49. The van der Waals surface area contributed by atoms with E-state index in [1.165, 1.54) is 26.7 Å². The first-order valence-electron chi connectivity index (χ1n) is 11.7. The van der Waals surface area contributed by atoms with Gasteiger partial charge < -0.3 is 19.3 Å². The minimum Gasteiger partial charge on any atom is -0.489 e. The van der Waals surface area contributed by atoms with Gasteiger partial charge in [-0.15, -0.1) is 0 Å². The van der Waals surface area contributed by atoms with Crippen LogP contribution >= 0.6 is 0 Å². The van der Waals surface area contributed by atoms with Gasteiger partial charge >= 0.3 is 5.97 Å². The van der Waals surface area contributed by atoms with Crippen molar-refractivity contribution in [3.8, 4) is 28.6 Å². The number of pyridine rings is 1. The number of hydrogen-bond donors (Lipinski definition) is 1. The van der Waals surface area contributed by atoms with Crippen LogP contribution in [-0.4, -0.2) is 28.3 Å². The summed E-state index contributed by atoms with van der Waals surface area (Å²) in [6, 6.07) is 20.9. The van der Waals surface area contributed by atoms with Gasteiger partial charge in [-0.2, -0.15) is 0 Å². The maximum atomic E-state index is 11.3. The molecule has 0 bridgehead atoms. The zero-order valence-corrected chi connectivity index (χ0v) is 20.1. The first-order chi connectivity index (χ1) is 16.4. The highest BCUT2D eigenvalue weighted by Gasteiger charge is 2.29. The number of aliphatic carboxylic acids is 1. The monoisotopic (exact) mass is 463 g/mol. The third kappa shape index (κ3) is 7.24. The fourth-order valence-electron chi connectivity index (χ4n) is 3.27. The Kier molecular flexibility index (Phi) is 8.91. The molecule has 6 heteroatoms. The quantitative estimate of drug-likeness (QED) is 0.290. The Balaban J connectivity index is 1.69. The summed E-state index contributed by atoms with van der Waals surface area (Å²) in [5.41, 5.74) is 1.45. The van der Waals surface area contributed by atoms with Crippen LogP contribution in [0, 0.1) is 0 Å². The number of hydrogen-bond acceptors (Lipinski definition) is 5. The Hall–Kier alpha value is -3.54. The van der Waals surface area contributed by atoms with E-state index in [0.717, 1.165) is 29.7 Å². The molecule has 0 saturated heterocycles. The Labute approximate surface area is 201 Å². The summed E-state index contributed by atoms with van der Waals surface area (Å²) in [4.78, 5) is 16.0. The van der Waals surface area contributed by atoms with Crippen molar-refractivity contribution < 1.29 is 24.1 Å². The normalized spacial score (nSPS) is 11.1. The first kappa shape index (κ1) is 25.1. The van der Waals surface area contributed by atoms with Gasteiger partial charge in [-0.05, 0) is 56.7 Å². The van der Waals surface area contributed by atoms with Crippen LogP contribution in [0.2, 0.25) is 0 Å². The van der Waals surface area contributed by atoms with E-state index in [2.05, 4.69) is 6.92 Å². The molecule has 2 aromatic carbocycles. The molecule has 1 aromatic heterocycles. The second-order valence-electron chi connectivity index (χ2n) is 8.61. The lowest BCUT2D eigenvalue weighted by molar-refractivity contribution is -0.152. The smallest absolute Gasteiger partial charge is 0.347 e. The van der Waals surface area contributed by atoms with Crippen LogP contribution in [0.5, 0.6) is 17.4 Å². The average molecular weight is 464 g/mol. The molecule has 180 valence electrons. The van der Waals surface area contributed by atoms with Crippen molar-refractivity contribution in [2.24, 2.45) is 0 Å². The standard InChI is InChI=1S/C28H33NO5/c1-4-5-6-10-19-32-26-22(13-18-25(29-26)21-11-8-7-9-12-21)20-33-23-14-16-24(17-15-23)34-28(2,3)27(30)31/h7-9,11-18H,4-6,10,19-20H2,1-3H3,(H,30,31). The highest BCUT2D eigenvalue weighted by atomic mass is 16.5. The van der Waals surface area contributed by atoms with Crippen molar-refractivity contribution in [3.63, 3.8) is 0 Å². The van der Waals surface area contributed by atoms with Gasteiger partial charge in [-0.25, -0.2) is 9.78 Å². The summed E-state index contributed by atoms with van der Waals surface area (Å²) in [5, 5.41) is 9.22. The number of aromatic nitrogens is 1. The topological polar surface area (TPSA) is 77.9 Å². The molecule has 3 aromatic rings. The molecule has 6 nitrogen and oxygen atoms in total. The predicted molar refractivity (Wildman–Crippen MR) is 132 cm³/mol. The molecule has 0 amide bonds. The number of carboxylic acids is 1. The van der Waals surface area contributed by atoms with Crippen LogP contribution in [0.1, 0.15) is 52.0 Å².